The number of aromatic hydroxyl groups is 1. The van der Waals surface area contributed by atoms with Crippen LogP contribution in [0.4, 0.5) is 0 Å². The Balaban J connectivity index is 1.76. The Kier molecular flexibility index (Phi) is 5.48. The first-order valence-electron chi connectivity index (χ1n) is 8.32. The number of morpholine rings is 1. The summed E-state index contributed by atoms with van der Waals surface area (Å²) in [6.45, 7) is 3.17. The topological polar surface area (TPSA) is 89.0 Å². The van der Waals surface area contributed by atoms with Crippen LogP contribution in [0, 0.1) is 6.92 Å². The van der Waals surface area contributed by atoms with Crippen LogP contribution in [-0.2, 0) is 4.74 Å². The van der Waals surface area contributed by atoms with Crippen molar-refractivity contribution in [1.82, 2.24) is 9.88 Å². The van der Waals surface area contributed by atoms with Crippen LogP contribution in [0.5, 0.6) is 11.5 Å². The number of phenols is 1. The number of amides is 1. The first-order chi connectivity index (χ1) is 12.6. The van der Waals surface area contributed by atoms with E-state index in [-0.39, 0.29) is 35.6 Å². The molecule has 0 saturated carbocycles. The molecule has 1 saturated heterocycles. The van der Waals surface area contributed by atoms with Crippen LogP contribution >= 0.6 is 0 Å². The molecule has 1 amide bonds. The predicted octanol–water partition coefficient (Wildman–Crippen LogP) is 1.83. The smallest absolute Gasteiger partial charge is 0.256 e. The number of aromatic nitrogens is 1. The number of ether oxygens (including phenoxy) is 2. The van der Waals surface area contributed by atoms with Gasteiger partial charge in [-0.25, -0.2) is 0 Å². The highest BCUT2D eigenvalue weighted by Crippen LogP contribution is 2.26. The summed E-state index contributed by atoms with van der Waals surface area (Å²) in [4.78, 5) is 29.9. The number of aldehydes is 1. The molecule has 2 aromatic rings. The van der Waals surface area contributed by atoms with Crippen LogP contribution in [0.3, 0.4) is 0 Å². The molecular formula is C19H20N2O5. The van der Waals surface area contributed by atoms with Crippen LogP contribution in [0.25, 0.3) is 0 Å². The van der Waals surface area contributed by atoms with Gasteiger partial charge in [0.1, 0.15) is 18.1 Å². The summed E-state index contributed by atoms with van der Waals surface area (Å²) in [5, 5.41) is 9.74. The molecule has 1 fully saturated rings. The molecule has 1 aromatic heterocycles. The van der Waals surface area contributed by atoms with E-state index in [1.165, 1.54) is 6.07 Å². The van der Waals surface area contributed by atoms with Crippen LogP contribution in [-0.4, -0.2) is 59.6 Å². The molecule has 26 heavy (non-hydrogen) atoms. The molecule has 1 aromatic carbocycles. The number of hydrogen-bond acceptors (Lipinski definition) is 6. The summed E-state index contributed by atoms with van der Waals surface area (Å²) < 4.78 is 11.2. The summed E-state index contributed by atoms with van der Waals surface area (Å²) >= 11 is 0. The predicted molar refractivity (Wildman–Crippen MR) is 93.6 cm³/mol. The van der Waals surface area contributed by atoms with E-state index in [2.05, 4.69) is 4.98 Å². The molecule has 0 spiro atoms. The molecule has 1 N–H and O–H groups in total. The maximum atomic E-state index is 12.9. The Morgan fingerprint density at radius 3 is 3.04 bits per heavy atom. The van der Waals surface area contributed by atoms with Crippen LogP contribution in [0.1, 0.15) is 26.4 Å². The maximum Gasteiger partial charge on any atom is 0.256 e. The number of carbonyl (C=O) groups is 2. The number of rotatable bonds is 5. The van der Waals surface area contributed by atoms with Gasteiger partial charge in [0, 0.05) is 18.4 Å². The molecule has 1 aliphatic heterocycles. The van der Waals surface area contributed by atoms with Crippen molar-refractivity contribution in [2.24, 2.45) is 0 Å². The third kappa shape index (κ3) is 3.67. The van der Waals surface area contributed by atoms with E-state index in [4.69, 9.17) is 9.47 Å². The van der Waals surface area contributed by atoms with Gasteiger partial charge in [0.05, 0.1) is 30.4 Å². The first-order valence-corrected chi connectivity index (χ1v) is 8.32. The average molecular weight is 356 g/mol. The van der Waals surface area contributed by atoms with E-state index in [1.807, 2.05) is 0 Å². The largest absolute Gasteiger partial charge is 0.507 e. The summed E-state index contributed by atoms with van der Waals surface area (Å²) in [6.07, 6.45) is 2.19. The monoisotopic (exact) mass is 356 g/mol. The van der Waals surface area contributed by atoms with Crippen molar-refractivity contribution in [3.05, 3.63) is 53.3 Å². The molecule has 1 atom stereocenters. The second-order valence-corrected chi connectivity index (χ2v) is 5.98. The standard InChI is InChI=1S/C19H20N2O5/c1-13-15(4-3-7-20-13)19(24)21-8-9-25-11-14(21)12-26-18-6-2-5-17(23)16(18)10-22/h2-7,10,14,23H,8-9,11-12H2,1H3/t14-/m0/s1. The van der Waals surface area contributed by atoms with Crippen molar-refractivity contribution in [1.29, 1.82) is 0 Å². The summed E-state index contributed by atoms with van der Waals surface area (Å²) in [6, 6.07) is 7.79. The van der Waals surface area contributed by atoms with Crippen LogP contribution in [0.2, 0.25) is 0 Å². The Bertz CT molecular complexity index is 808. The summed E-state index contributed by atoms with van der Waals surface area (Å²) in [5.41, 5.74) is 1.30. The number of benzene rings is 1. The second-order valence-electron chi connectivity index (χ2n) is 5.98. The number of aryl methyl sites for hydroxylation is 1. The zero-order valence-corrected chi connectivity index (χ0v) is 14.4. The number of phenolic OH excluding ortho intramolecular Hbond substituents is 1. The minimum absolute atomic E-state index is 0.0882. The lowest BCUT2D eigenvalue weighted by Crippen LogP contribution is -2.51. The van der Waals surface area contributed by atoms with Crippen molar-refractivity contribution in [3.8, 4) is 11.5 Å². The van der Waals surface area contributed by atoms with Crippen molar-refractivity contribution < 1.29 is 24.2 Å². The van der Waals surface area contributed by atoms with Gasteiger partial charge in [-0.05, 0) is 31.2 Å². The van der Waals surface area contributed by atoms with E-state index in [9.17, 15) is 14.7 Å². The Morgan fingerprint density at radius 2 is 2.27 bits per heavy atom. The zero-order valence-electron chi connectivity index (χ0n) is 14.4. The number of hydrogen-bond donors (Lipinski definition) is 1. The lowest BCUT2D eigenvalue weighted by atomic mass is 10.1. The van der Waals surface area contributed by atoms with Gasteiger partial charge < -0.3 is 19.5 Å². The molecule has 3 rings (SSSR count). The highest BCUT2D eigenvalue weighted by atomic mass is 16.5. The average Bonchev–Trinajstić information content (AvgIpc) is 2.66. The number of nitrogens with zero attached hydrogens (tertiary/aromatic N) is 2. The van der Waals surface area contributed by atoms with Gasteiger partial charge in [-0.1, -0.05) is 6.07 Å². The molecule has 136 valence electrons. The number of pyridine rings is 1. The van der Waals surface area contributed by atoms with E-state index >= 15 is 0 Å². The molecule has 1 aliphatic rings. The molecule has 0 aliphatic carbocycles. The highest BCUT2D eigenvalue weighted by Gasteiger charge is 2.29. The lowest BCUT2D eigenvalue weighted by molar-refractivity contribution is -0.0151. The van der Waals surface area contributed by atoms with E-state index < -0.39 is 0 Å². The molecular weight excluding hydrogens is 336 g/mol. The maximum absolute atomic E-state index is 12.9. The van der Waals surface area contributed by atoms with Crippen molar-refractivity contribution in [3.63, 3.8) is 0 Å². The molecule has 7 nitrogen and oxygen atoms in total. The number of carbonyl (C=O) groups excluding carboxylic acids is 2. The Labute approximate surface area is 151 Å². The second kappa shape index (κ2) is 7.97. The van der Waals surface area contributed by atoms with Gasteiger partial charge in [0.15, 0.2) is 6.29 Å². The van der Waals surface area contributed by atoms with Crippen molar-refractivity contribution >= 4 is 12.2 Å². The normalized spacial score (nSPS) is 17.0. The van der Waals surface area contributed by atoms with Gasteiger partial charge >= 0.3 is 0 Å². The van der Waals surface area contributed by atoms with Crippen LogP contribution < -0.4 is 4.74 Å². The molecule has 0 bridgehead atoms. The van der Waals surface area contributed by atoms with Gasteiger partial charge in [0.2, 0.25) is 0 Å². The summed E-state index contributed by atoms with van der Waals surface area (Å²) in [5.74, 6) is 0.00543. The molecule has 2 heterocycles. The lowest BCUT2D eigenvalue weighted by Gasteiger charge is -2.35. The minimum Gasteiger partial charge on any atom is -0.507 e. The third-order valence-corrected chi connectivity index (χ3v) is 4.32. The van der Waals surface area contributed by atoms with Crippen LogP contribution in [0.15, 0.2) is 36.5 Å². The fraction of sp³-hybridized carbons (Fsp3) is 0.316. The first kappa shape index (κ1) is 17.9. The SMILES string of the molecule is Cc1ncccc1C(=O)N1CCOC[C@H]1COc1cccc(O)c1C=O. The molecule has 7 heteroatoms. The fourth-order valence-corrected chi connectivity index (χ4v) is 2.89. The zero-order chi connectivity index (χ0) is 18.5. The summed E-state index contributed by atoms with van der Waals surface area (Å²) in [7, 11) is 0. The minimum atomic E-state index is -0.308. The quantitative estimate of drug-likeness (QED) is 0.822. The van der Waals surface area contributed by atoms with Crippen molar-refractivity contribution in [2.45, 2.75) is 13.0 Å². The third-order valence-electron chi connectivity index (χ3n) is 4.32. The van der Waals surface area contributed by atoms with Crippen molar-refractivity contribution in [2.75, 3.05) is 26.4 Å². The highest BCUT2D eigenvalue weighted by molar-refractivity contribution is 5.95. The van der Waals surface area contributed by atoms with Gasteiger partial charge in [-0.15, -0.1) is 0 Å². The molecule has 0 unspecified atom stereocenters. The molecule has 0 radical (unpaired) electrons. The van der Waals surface area contributed by atoms with Gasteiger partial charge in [-0.3, -0.25) is 14.6 Å². The van der Waals surface area contributed by atoms with E-state index in [0.717, 1.165) is 0 Å². The Morgan fingerprint density at radius 1 is 1.42 bits per heavy atom. The van der Waals surface area contributed by atoms with E-state index in [1.54, 1.807) is 42.3 Å². The Hall–Kier alpha value is -2.93. The fourth-order valence-electron chi connectivity index (χ4n) is 2.89. The van der Waals surface area contributed by atoms with Gasteiger partial charge in [-0.2, -0.15) is 0 Å². The van der Waals surface area contributed by atoms with E-state index in [0.29, 0.717) is 37.3 Å². The van der Waals surface area contributed by atoms with Gasteiger partial charge in [0.25, 0.3) is 5.91 Å².